The Balaban J connectivity index is 2.84. The van der Waals surface area contributed by atoms with Crippen molar-refractivity contribution in [2.45, 2.75) is 0 Å². The van der Waals surface area contributed by atoms with Gasteiger partial charge in [0.05, 0.1) is 6.54 Å². The molecule has 1 rings (SSSR count). The Bertz CT molecular complexity index is 490. The molecule has 0 bridgehead atoms. The fraction of sp³-hybridized carbons (Fsp3) is 0.250. The molecule has 0 spiro atoms. The van der Waals surface area contributed by atoms with Gasteiger partial charge < -0.3 is 14.9 Å². The summed E-state index contributed by atoms with van der Waals surface area (Å²) in [5.74, 6) is -1.15. The number of hydrogen-bond acceptors (Lipinski definition) is 3. The lowest BCUT2D eigenvalue weighted by Crippen LogP contribution is -2.42. The number of benzene rings is 1. The van der Waals surface area contributed by atoms with E-state index >= 15 is 0 Å². The predicted octanol–water partition coefficient (Wildman–Crippen LogP) is 1.78. The van der Waals surface area contributed by atoms with Crippen LogP contribution >= 0.6 is 0 Å². The SMILES string of the molecule is C=CCN(CC=C)C(=O)CN(CC(=O)O)c1ccccc1. The fourth-order valence-electron chi connectivity index (χ4n) is 1.89. The van der Waals surface area contributed by atoms with Gasteiger partial charge in [0.15, 0.2) is 0 Å². The van der Waals surface area contributed by atoms with Gasteiger partial charge in [-0.3, -0.25) is 9.59 Å². The van der Waals surface area contributed by atoms with Gasteiger partial charge in [0, 0.05) is 18.8 Å². The zero-order chi connectivity index (χ0) is 15.7. The third kappa shape index (κ3) is 5.52. The summed E-state index contributed by atoms with van der Waals surface area (Å²) in [5.41, 5.74) is 0.699. The summed E-state index contributed by atoms with van der Waals surface area (Å²) in [6.07, 6.45) is 3.26. The molecule has 1 aromatic rings. The van der Waals surface area contributed by atoms with E-state index in [-0.39, 0.29) is 19.0 Å². The maximum Gasteiger partial charge on any atom is 0.323 e. The molecule has 1 N–H and O–H groups in total. The first-order valence-corrected chi connectivity index (χ1v) is 6.59. The number of carbonyl (C=O) groups is 2. The first-order valence-electron chi connectivity index (χ1n) is 6.59. The summed E-state index contributed by atoms with van der Waals surface area (Å²) in [7, 11) is 0. The minimum Gasteiger partial charge on any atom is -0.480 e. The van der Waals surface area contributed by atoms with E-state index in [0.29, 0.717) is 18.8 Å². The highest BCUT2D eigenvalue weighted by atomic mass is 16.4. The molecule has 1 aromatic carbocycles. The van der Waals surface area contributed by atoms with E-state index in [1.54, 1.807) is 41.3 Å². The Hall–Kier alpha value is -2.56. The third-order valence-electron chi connectivity index (χ3n) is 2.83. The highest BCUT2D eigenvalue weighted by Crippen LogP contribution is 2.13. The first-order chi connectivity index (χ1) is 10.1. The van der Waals surface area contributed by atoms with Gasteiger partial charge >= 0.3 is 5.97 Å². The Morgan fingerprint density at radius 3 is 2.10 bits per heavy atom. The maximum absolute atomic E-state index is 12.3. The second-order valence-electron chi connectivity index (χ2n) is 4.46. The van der Waals surface area contributed by atoms with Crippen LogP contribution in [0.3, 0.4) is 0 Å². The van der Waals surface area contributed by atoms with Crippen LogP contribution in [0.1, 0.15) is 0 Å². The third-order valence-corrected chi connectivity index (χ3v) is 2.83. The molecule has 0 saturated carbocycles. The molecule has 112 valence electrons. The lowest BCUT2D eigenvalue weighted by Gasteiger charge is -2.26. The molecule has 21 heavy (non-hydrogen) atoms. The maximum atomic E-state index is 12.3. The number of para-hydroxylation sites is 1. The zero-order valence-corrected chi connectivity index (χ0v) is 11.9. The van der Waals surface area contributed by atoms with Crippen molar-refractivity contribution in [2.24, 2.45) is 0 Å². The van der Waals surface area contributed by atoms with E-state index < -0.39 is 5.97 Å². The van der Waals surface area contributed by atoms with Crippen LogP contribution in [0.15, 0.2) is 55.6 Å². The van der Waals surface area contributed by atoms with Crippen LogP contribution in [-0.2, 0) is 9.59 Å². The lowest BCUT2D eigenvalue weighted by atomic mass is 10.2. The molecule has 0 aromatic heterocycles. The molecule has 0 aliphatic rings. The molecule has 0 fully saturated rings. The second kappa shape index (κ2) is 8.58. The highest BCUT2D eigenvalue weighted by Gasteiger charge is 2.18. The van der Waals surface area contributed by atoms with Crippen molar-refractivity contribution in [1.29, 1.82) is 0 Å². The molecule has 0 aliphatic heterocycles. The summed E-state index contributed by atoms with van der Waals surface area (Å²) < 4.78 is 0. The van der Waals surface area contributed by atoms with Gasteiger partial charge in [0.2, 0.25) is 5.91 Å². The smallest absolute Gasteiger partial charge is 0.323 e. The number of nitrogens with zero attached hydrogens (tertiary/aromatic N) is 2. The van der Waals surface area contributed by atoms with E-state index in [1.807, 2.05) is 6.07 Å². The lowest BCUT2D eigenvalue weighted by molar-refractivity contribution is -0.135. The number of amides is 1. The van der Waals surface area contributed by atoms with Crippen LogP contribution in [-0.4, -0.2) is 48.1 Å². The molecular formula is C16H20N2O3. The molecule has 0 saturated heterocycles. The van der Waals surface area contributed by atoms with Crippen LogP contribution in [0.5, 0.6) is 0 Å². The van der Waals surface area contributed by atoms with Gasteiger partial charge in [0.1, 0.15) is 6.54 Å². The molecule has 0 heterocycles. The Labute approximate surface area is 124 Å². The van der Waals surface area contributed by atoms with Crippen molar-refractivity contribution in [1.82, 2.24) is 4.90 Å². The van der Waals surface area contributed by atoms with E-state index in [0.717, 1.165) is 0 Å². The van der Waals surface area contributed by atoms with Crippen LogP contribution in [0, 0.1) is 0 Å². The van der Waals surface area contributed by atoms with Crippen LogP contribution in [0.25, 0.3) is 0 Å². The average Bonchev–Trinajstić information content (AvgIpc) is 2.46. The number of aliphatic carboxylic acids is 1. The van der Waals surface area contributed by atoms with E-state index in [9.17, 15) is 9.59 Å². The van der Waals surface area contributed by atoms with Crippen LogP contribution in [0.2, 0.25) is 0 Å². The van der Waals surface area contributed by atoms with Crippen molar-refractivity contribution >= 4 is 17.6 Å². The van der Waals surface area contributed by atoms with Crippen LogP contribution < -0.4 is 4.90 Å². The van der Waals surface area contributed by atoms with E-state index in [1.165, 1.54) is 4.90 Å². The normalized spacial score (nSPS) is 9.71. The first kappa shape index (κ1) is 16.5. The topological polar surface area (TPSA) is 60.9 Å². The molecule has 5 heteroatoms. The average molecular weight is 288 g/mol. The number of carbonyl (C=O) groups excluding carboxylic acids is 1. The largest absolute Gasteiger partial charge is 0.480 e. The molecule has 0 aliphatic carbocycles. The molecule has 0 unspecified atom stereocenters. The fourth-order valence-corrected chi connectivity index (χ4v) is 1.89. The van der Waals surface area contributed by atoms with Crippen molar-refractivity contribution in [3.8, 4) is 0 Å². The minimum absolute atomic E-state index is 0.00199. The number of rotatable bonds is 9. The van der Waals surface area contributed by atoms with Gasteiger partial charge in [-0.1, -0.05) is 30.4 Å². The second-order valence-corrected chi connectivity index (χ2v) is 4.46. The standard InChI is InChI=1S/C16H20N2O3/c1-3-10-17(11-4-2)15(19)12-18(13-16(20)21)14-8-6-5-7-9-14/h3-9H,1-2,10-13H2,(H,20,21). The summed E-state index contributed by atoms with van der Waals surface area (Å²) in [6.45, 7) is 7.80. The minimum atomic E-state index is -0.981. The van der Waals surface area contributed by atoms with Crippen molar-refractivity contribution in [2.75, 3.05) is 31.1 Å². The van der Waals surface area contributed by atoms with Gasteiger partial charge in [-0.15, -0.1) is 13.2 Å². The summed E-state index contributed by atoms with van der Waals surface area (Å²) in [4.78, 5) is 26.4. The van der Waals surface area contributed by atoms with Gasteiger partial charge in [0.25, 0.3) is 0 Å². The zero-order valence-electron chi connectivity index (χ0n) is 11.9. The van der Waals surface area contributed by atoms with Gasteiger partial charge in [-0.2, -0.15) is 0 Å². The van der Waals surface area contributed by atoms with Crippen LogP contribution in [0.4, 0.5) is 5.69 Å². The van der Waals surface area contributed by atoms with E-state index in [2.05, 4.69) is 13.2 Å². The summed E-state index contributed by atoms with van der Waals surface area (Å²) in [5, 5.41) is 9.00. The van der Waals surface area contributed by atoms with Crippen molar-refractivity contribution < 1.29 is 14.7 Å². The molecule has 0 radical (unpaired) electrons. The Morgan fingerprint density at radius 2 is 1.62 bits per heavy atom. The van der Waals surface area contributed by atoms with Crippen molar-refractivity contribution in [3.63, 3.8) is 0 Å². The molecular weight excluding hydrogens is 268 g/mol. The summed E-state index contributed by atoms with van der Waals surface area (Å²) in [6, 6.07) is 9.01. The molecule has 1 amide bonds. The number of anilines is 1. The number of carboxylic acid groups (broad SMARTS) is 1. The van der Waals surface area contributed by atoms with Gasteiger partial charge in [-0.25, -0.2) is 0 Å². The number of hydrogen-bond donors (Lipinski definition) is 1. The van der Waals surface area contributed by atoms with Gasteiger partial charge in [-0.05, 0) is 12.1 Å². The summed E-state index contributed by atoms with van der Waals surface area (Å²) >= 11 is 0. The number of carboxylic acids is 1. The van der Waals surface area contributed by atoms with Crippen molar-refractivity contribution in [3.05, 3.63) is 55.6 Å². The Kier molecular flexibility index (Phi) is 6.74. The molecule has 0 atom stereocenters. The van der Waals surface area contributed by atoms with E-state index in [4.69, 9.17) is 5.11 Å². The highest BCUT2D eigenvalue weighted by molar-refractivity contribution is 5.84. The Morgan fingerprint density at radius 1 is 1.05 bits per heavy atom. The monoisotopic (exact) mass is 288 g/mol. The quantitative estimate of drug-likeness (QED) is 0.704. The molecule has 5 nitrogen and oxygen atoms in total. The predicted molar refractivity (Wildman–Crippen MR) is 83.3 cm³/mol.